The van der Waals surface area contributed by atoms with Crippen LogP contribution in [0, 0.1) is 13.8 Å². The number of aromatic nitrogens is 1. The lowest BCUT2D eigenvalue weighted by Crippen LogP contribution is -2.22. The van der Waals surface area contributed by atoms with Crippen LogP contribution in [0.3, 0.4) is 0 Å². The highest BCUT2D eigenvalue weighted by Gasteiger charge is 2.20. The van der Waals surface area contributed by atoms with E-state index in [1.165, 1.54) is 26.2 Å². The van der Waals surface area contributed by atoms with Crippen molar-refractivity contribution in [2.75, 3.05) is 19.4 Å². The molecular weight excluding hydrogens is 454 g/mol. The molecule has 4 rings (SSSR count). The predicted octanol–water partition coefficient (Wildman–Crippen LogP) is 4.53. The summed E-state index contributed by atoms with van der Waals surface area (Å²) in [4.78, 5) is 13.4. The van der Waals surface area contributed by atoms with Crippen LogP contribution < -0.4 is 10.1 Å². The van der Waals surface area contributed by atoms with E-state index in [-0.39, 0.29) is 11.5 Å². The Hall–Kier alpha value is -3.69. The fourth-order valence-electron chi connectivity index (χ4n) is 3.52. The number of carbonyl (C=O) groups excluding carboxylic acids is 1. The first-order chi connectivity index (χ1) is 16.2. The SMILES string of the molecule is Cc1noc(C)c1COc1cc2ccccc2cc1C(=O)Nc1cccc(S(=O)(=O)N(C)C)c1. The van der Waals surface area contributed by atoms with Gasteiger partial charge >= 0.3 is 0 Å². The lowest BCUT2D eigenvalue weighted by Gasteiger charge is -2.15. The van der Waals surface area contributed by atoms with Crippen LogP contribution >= 0.6 is 0 Å². The fourth-order valence-corrected chi connectivity index (χ4v) is 4.47. The molecule has 0 bridgehead atoms. The number of aryl methyl sites for hydroxylation is 2. The molecule has 176 valence electrons. The summed E-state index contributed by atoms with van der Waals surface area (Å²) in [5, 5.41) is 8.54. The molecule has 4 aromatic rings. The average molecular weight is 480 g/mol. The van der Waals surface area contributed by atoms with Crippen LogP contribution in [0.25, 0.3) is 10.8 Å². The molecule has 1 N–H and O–H groups in total. The number of sulfonamides is 1. The Labute approximate surface area is 198 Å². The van der Waals surface area contributed by atoms with Gasteiger partial charge < -0.3 is 14.6 Å². The minimum absolute atomic E-state index is 0.0868. The van der Waals surface area contributed by atoms with E-state index in [4.69, 9.17) is 9.26 Å². The second-order valence-electron chi connectivity index (χ2n) is 8.06. The molecule has 1 aromatic heterocycles. The van der Waals surface area contributed by atoms with Gasteiger partial charge in [0.2, 0.25) is 10.0 Å². The molecule has 1 heterocycles. The van der Waals surface area contributed by atoms with Crippen LogP contribution in [0.5, 0.6) is 5.75 Å². The lowest BCUT2D eigenvalue weighted by molar-refractivity contribution is 0.102. The molecule has 34 heavy (non-hydrogen) atoms. The zero-order valence-corrected chi connectivity index (χ0v) is 20.1. The van der Waals surface area contributed by atoms with Gasteiger partial charge in [-0.25, -0.2) is 12.7 Å². The van der Waals surface area contributed by atoms with Crippen molar-refractivity contribution in [3.8, 4) is 5.75 Å². The number of rotatable bonds is 7. The smallest absolute Gasteiger partial charge is 0.259 e. The molecule has 0 radical (unpaired) electrons. The third-order valence-electron chi connectivity index (χ3n) is 5.52. The number of fused-ring (bicyclic) bond motifs is 1. The van der Waals surface area contributed by atoms with Gasteiger partial charge in [-0.2, -0.15) is 0 Å². The molecule has 0 saturated heterocycles. The Bertz CT molecular complexity index is 1460. The van der Waals surface area contributed by atoms with Crippen molar-refractivity contribution in [1.29, 1.82) is 0 Å². The third-order valence-corrected chi connectivity index (χ3v) is 7.33. The minimum atomic E-state index is -3.64. The van der Waals surface area contributed by atoms with Gasteiger partial charge in [0.15, 0.2) is 0 Å². The van der Waals surface area contributed by atoms with E-state index in [1.54, 1.807) is 18.2 Å². The number of benzene rings is 3. The maximum absolute atomic E-state index is 13.3. The molecule has 0 saturated carbocycles. The number of hydrogen-bond donors (Lipinski definition) is 1. The number of hydrogen-bond acceptors (Lipinski definition) is 6. The number of amides is 1. The van der Waals surface area contributed by atoms with E-state index < -0.39 is 15.9 Å². The average Bonchev–Trinajstić information content (AvgIpc) is 3.14. The first-order valence-electron chi connectivity index (χ1n) is 10.6. The van der Waals surface area contributed by atoms with Gasteiger partial charge in [0, 0.05) is 19.8 Å². The van der Waals surface area contributed by atoms with Crippen molar-refractivity contribution in [2.45, 2.75) is 25.3 Å². The second-order valence-corrected chi connectivity index (χ2v) is 10.2. The summed E-state index contributed by atoms with van der Waals surface area (Å²) in [6, 6.07) is 17.4. The van der Waals surface area contributed by atoms with Crippen LogP contribution in [0.4, 0.5) is 5.69 Å². The number of anilines is 1. The van der Waals surface area contributed by atoms with E-state index in [0.29, 0.717) is 22.8 Å². The maximum Gasteiger partial charge on any atom is 0.259 e. The zero-order valence-electron chi connectivity index (χ0n) is 19.3. The standard InChI is InChI=1S/C25H25N3O5S/c1-16-23(17(2)33-27-16)15-32-24-13-19-9-6-5-8-18(19)12-22(24)25(29)26-20-10-7-11-21(14-20)34(30,31)28(3)4/h5-14H,15H2,1-4H3,(H,26,29). The van der Waals surface area contributed by atoms with Gasteiger partial charge in [0.1, 0.15) is 18.1 Å². The highest BCUT2D eigenvalue weighted by Crippen LogP contribution is 2.29. The van der Waals surface area contributed by atoms with Crippen molar-refractivity contribution in [2.24, 2.45) is 0 Å². The summed E-state index contributed by atoms with van der Waals surface area (Å²) in [7, 11) is -0.723. The van der Waals surface area contributed by atoms with Crippen LogP contribution in [0.2, 0.25) is 0 Å². The normalized spacial score (nSPS) is 11.7. The topological polar surface area (TPSA) is 102 Å². The molecule has 1 amide bonds. The van der Waals surface area contributed by atoms with Crippen LogP contribution in [0.15, 0.2) is 70.1 Å². The fraction of sp³-hybridized carbons (Fsp3) is 0.200. The van der Waals surface area contributed by atoms with Gasteiger partial charge in [0.25, 0.3) is 5.91 Å². The van der Waals surface area contributed by atoms with Crippen LogP contribution in [-0.2, 0) is 16.6 Å². The van der Waals surface area contributed by atoms with Crippen molar-refractivity contribution in [1.82, 2.24) is 9.46 Å². The predicted molar refractivity (Wildman–Crippen MR) is 130 cm³/mol. The summed E-state index contributed by atoms with van der Waals surface area (Å²) in [6.45, 7) is 3.83. The highest BCUT2D eigenvalue weighted by molar-refractivity contribution is 7.89. The molecule has 9 heteroatoms. The Morgan fingerprint density at radius 1 is 1.03 bits per heavy atom. The van der Waals surface area contributed by atoms with Crippen molar-refractivity contribution in [3.63, 3.8) is 0 Å². The largest absolute Gasteiger partial charge is 0.488 e. The van der Waals surface area contributed by atoms with E-state index in [2.05, 4.69) is 10.5 Å². The Morgan fingerprint density at radius 2 is 1.74 bits per heavy atom. The summed E-state index contributed by atoms with van der Waals surface area (Å²) in [6.07, 6.45) is 0. The van der Waals surface area contributed by atoms with E-state index in [9.17, 15) is 13.2 Å². The Kier molecular flexibility index (Phi) is 6.41. The zero-order chi connectivity index (χ0) is 24.5. The van der Waals surface area contributed by atoms with Gasteiger partial charge in [0.05, 0.1) is 21.7 Å². The third kappa shape index (κ3) is 4.66. The van der Waals surface area contributed by atoms with Crippen molar-refractivity contribution in [3.05, 3.63) is 83.2 Å². The maximum atomic E-state index is 13.3. The molecule has 0 atom stereocenters. The number of ether oxygens (including phenoxy) is 1. The Balaban J connectivity index is 1.67. The van der Waals surface area contributed by atoms with Gasteiger partial charge in [-0.15, -0.1) is 0 Å². The summed E-state index contributed by atoms with van der Waals surface area (Å²) in [5.74, 6) is 0.635. The monoisotopic (exact) mass is 479 g/mol. The molecule has 8 nitrogen and oxygen atoms in total. The van der Waals surface area contributed by atoms with Gasteiger partial charge in [-0.1, -0.05) is 35.5 Å². The first-order valence-corrected chi connectivity index (χ1v) is 12.0. The number of carbonyl (C=O) groups is 1. The second kappa shape index (κ2) is 9.28. The van der Waals surface area contributed by atoms with E-state index >= 15 is 0 Å². The molecule has 0 aliphatic rings. The summed E-state index contributed by atoms with van der Waals surface area (Å²) < 4.78 is 37.3. The van der Waals surface area contributed by atoms with Crippen molar-refractivity contribution < 1.29 is 22.5 Å². The molecular formula is C25H25N3O5S. The van der Waals surface area contributed by atoms with Crippen molar-refractivity contribution >= 4 is 32.4 Å². The number of nitrogens with zero attached hydrogens (tertiary/aromatic N) is 2. The Morgan fingerprint density at radius 3 is 2.38 bits per heavy atom. The van der Waals surface area contributed by atoms with Gasteiger partial charge in [-0.3, -0.25) is 4.79 Å². The van der Waals surface area contributed by atoms with Crippen LogP contribution in [-0.4, -0.2) is 37.9 Å². The quantitative estimate of drug-likeness (QED) is 0.418. The minimum Gasteiger partial charge on any atom is -0.488 e. The molecule has 3 aromatic carbocycles. The highest BCUT2D eigenvalue weighted by atomic mass is 32.2. The molecule has 0 unspecified atom stereocenters. The summed E-state index contributed by atoms with van der Waals surface area (Å²) >= 11 is 0. The first kappa shape index (κ1) is 23.5. The molecule has 0 aliphatic heterocycles. The summed E-state index contributed by atoms with van der Waals surface area (Å²) in [5.41, 5.74) is 2.23. The van der Waals surface area contributed by atoms with E-state index in [1.807, 2.05) is 44.2 Å². The molecule has 0 fully saturated rings. The number of nitrogens with one attached hydrogen (secondary N) is 1. The van der Waals surface area contributed by atoms with E-state index in [0.717, 1.165) is 26.3 Å². The van der Waals surface area contributed by atoms with Gasteiger partial charge in [-0.05, 0) is 55.0 Å². The van der Waals surface area contributed by atoms with Crippen LogP contribution in [0.1, 0.15) is 27.4 Å². The lowest BCUT2D eigenvalue weighted by atomic mass is 10.0. The molecule has 0 aliphatic carbocycles. The molecule has 0 spiro atoms.